The predicted octanol–water partition coefficient (Wildman–Crippen LogP) is 4.28. The summed E-state index contributed by atoms with van der Waals surface area (Å²) in [4.78, 5) is 14.7. The van der Waals surface area contributed by atoms with Gasteiger partial charge in [0.05, 0.1) is 0 Å². The quantitative estimate of drug-likeness (QED) is 0.522. The van der Waals surface area contributed by atoms with Crippen LogP contribution in [0.2, 0.25) is 0 Å². The average Bonchev–Trinajstić information content (AvgIpc) is 2.61. The summed E-state index contributed by atoms with van der Waals surface area (Å²) in [6, 6.07) is 17.8. The zero-order valence-corrected chi connectivity index (χ0v) is 12.3. The normalized spacial score (nSPS) is 10.3. The fraction of sp³-hybridized carbons (Fsp3) is 0.0526. The summed E-state index contributed by atoms with van der Waals surface area (Å²) in [5, 5.41) is 0. The van der Waals surface area contributed by atoms with Crippen molar-refractivity contribution in [3.8, 4) is 16.9 Å². The number of halogens is 1. The Kier molecular flexibility index (Phi) is 4.43. The van der Waals surface area contributed by atoms with Gasteiger partial charge in [0.1, 0.15) is 18.6 Å². The molecule has 114 valence electrons. The molecular formula is C19H14FNO2. The molecule has 0 saturated carbocycles. The third kappa shape index (κ3) is 3.61. The van der Waals surface area contributed by atoms with Gasteiger partial charge in [0.2, 0.25) is 5.95 Å². The van der Waals surface area contributed by atoms with Crippen molar-refractivity contribution in [2.24, 2.45) is 0 Å². The van der Waals surface area contributed by atoms with Gasteiger partial charge in [0.15, 0.2) is 0 Å². The zero-order chi connectivity index (χ0) is 16.1. The first-order valence-electron chi connectivity index (χ1n) is 7.14. The van der Waals surface area contributed by atoms with E-state index in [9.17, 15) is 9.18 Å². The van der Waals surface area contributed by atoms with Crippen LogP contribution in [0.15, 0.2) is 66.9 Å². The van der Waals surface area contributed by atoms with E-state index < -0.39 is 5.95 Å². The minimum atomic E-state index is -0.537. The van der Waals surface area contributed by atoms with E-state index in [1.165, 1.54) is 12.3 Å². The third-order valence-corrected chi connectivity index (χ3v) is 3.42. The highest BCUT2D eigenvalue weighted by atomic mass is 19.1. The van der Waals surface area contributed by atoms with Crippen LogP contribution in [0.3, 0.4) is 0 Å². The lowest BCUT2D eigenvalue weighted by Crippen LogP contribution is -1.98. The topological polar surface area (TPSA) is 39.2 Å². The first-order valence-corrected chi connectivity index (χ1v) is 7.14. The number of aromatic nitrogens is 1. The van der Waals surface area contributed by atoms with Crippen LogP contribution >= 0.6 is 0 Å². The average molecular weight is 307 g/mol. The Balaban J connectivity index is 1.92. The number of ether oxygens (including phenoxy) is 1. The number of hydrogen-bond donors (Lipinski definition) is 0. The molecule has 0 bridgehead atoms. The molecule has 0 unspecified atom stereocenters. The lowest BCUT2D eigenvalue weighted by Gasteiger charge is -2.12. The van der Waals surface area contributed by atoms with E-state index in [4.69, 9.17) is 4.74 Å². The molecule has 1 aromatic heterocycles. The maximum absolute atomic E-state index is 13.0. The van der Waals surface area contributed by atoms with E-state index in [2.05, 4.69) is 4.98 Å². The molecular weight excluding hydrogens is 293 g/mol. The van der Waals surface area contributed by atoms with Gasteiger partial charge < -0.3 is 4.74 Å². The Hall–Kier alpha value is -3.01. The third-order valence-electron chi connectivity index (χ3n) is 3.42. The molecule has 3 aromatic rings. The summed E-state index contributed by atoms with van der Waals surface area (Å²) in [5.74, 6) is 0.0249. The second-order valence-electron chi connectivity index (χ2n) is 5.02. The van der Waals surface area contributed by atoms with Crippen molar-refractivity contribution in [3.05, 3.63) is 83.9 Å². The Bertz CT molecular complexity index is 801. The van der Waals surface area contributed by atoms with Crippen molar-refractivity contribution in [3.63, 3.8) is 0 Å². The molecule has 0 aliphatic rings. The number of pyridine rings is 1. The molecule has 0 aliphatic carbocycles. The largest absolute Gasteiger partial charge is 0.488 e. The summed E-state index contributed by atoms with van der Waals surface area (Å²) in [6.07, 6.45) is 2.21. The summed E-state index contributed by atoms with van der Waals surface area (Å²) in [7, 11) is 0. The SMILES string of the molecule is O=Cc1ccc(-c2ccc(F)nc2)c(OCc2ccccc2)c1. The Morgan fingerprint density at radius 1 is 1.04 bits per heavy atom. The number of rotatable bonds is 5. The van der Waals surface area contributed by atoms with E-state index in [0.29, 0.717) is 17.9 Å². The van der Waals surface area contributed by atoms with E-state index in [1.807, 2.05) is 30.3 Å². The van der Waals surface area contributed by atoms with E-state index >= 15 is 0 Å². The van der Waals surface area contributed by atoms with Crippen LogP contribution in [0.4, 0.5) is 4.39 Å². The zero-order valence-electron chi connectivity index (χ0n) is 12.3. The Morgan fingerprint density at radius 3 is 2.57 bits per heavy atom. The van der Waals surface area contributed by atoms with Crippen LogP contribution in [0.5, 0.6) is 5.75 Å². The molecule has 0 fully saturated rings. The minimum absolute atomic E-state index is 0.380. The van der Waals surface area contributed by atoms with Crippen LogP contribution in [0.25, 0.3) is 11.1 Å². The summed E-state index contributed by atoms with van der Waals surface area (Å²) in [6.45, 7) is 0.380. The second kappa shape index (κ2) is 6.83. The van der Waals surface area contributed by atoms with Crippen LogP contribution in [0, 0.1) is 5.95 Å². The Morgan fingerprint density at radius 2 is 1.87 bits per heavy atom. The molecule has 1 heterocycles. The molecule has 0 saturated heterocycles. The van der Waals surface area contributed by atoms with Gasteiger partial charge in [-0.3, -0.25) is 4.79 Å². The number of carbonyl (C=O) groups excluding carboxylic acids is 1. The van der Waals surface area contributed by atoms with Crippen LogP contribution in [-0.4, -0.2) is 11.3 Å². The molecule has 0 aliphatic heterocycles. The second-order valence-corrected chi connectivity index (χ2v) is 5.02. The minimum Gasteiger partial charge on any atom is -0.488 e. The number of benzene rings is 2. The van der Waals surface area contributed by atoms with Crippen molar-refractivity contribution in [1.82, 2.24) is 4.98 Å². The van der Waals surface area contributed by atoms with Crippen molar-refractivity contribution in [1.29, 1.82) is 0 Å². The van der Waals surface area contributed by atoms with E-state index in [1.54, 1.807) is 24.3 Å². The lowest BCUT2D eigenvalue weighted by molar-refractivity contribution is 0.112. The summed E-state index contributed by atoms with van der Waals surface area (Å²) in [5.41, 5.74) is 3.03. The van der Waals surface area contributed by atoms with Crippen molar-refractivity contribution in [2.45, 2.75) is 6.61 Å². The van der Waals surface area contributed by atoms with Gasteiger partial charge in [0.25, 0.3) is 0 Å². The lowest BCUT2D eigenvalue weighted by atomic mass is 10.0. The molecule has 0 spiro atoms. The van der Waals surface area contributed by atoms with Crippen LogP contribution < -0.4 is 4.74 Å². The molecule has 3 rings (SSSR count). The van der Waals surface area contributed by atoms with E-state index in [0.717, 1.165) is 23.0 Å². The molecule has 3 nitrogen and oxygen atoms in total. The Labute approximate surface area is 133 Å². The molecule has 0 amide bonds. The monoisotopic (exact) mass is 307 g/mol. The first-order chi connectivity index (χ1) is 11.3. The van der Waals surface area contributed by atoms with Crippen molar-refractivity contribution < 1.29 is 13.9 Å². The highest BCUT2D eigenvalue weighted by molar-refractivity contribution is 5.80. The molecule has 2 aromatic carbocycles. The van der Waals surface area contributed by atoms with Crippen molar-refractivity contribution in [2.75, 3.05) is 0 Å². The van der Waals surface area contributed by atoms with Crippen LogP contribution in [-0.2, 0) is 6.61 Å². The molecule has 4 heteroatoms. The van der Waals surface area contributed by atoms with Gasteiger partial charge in [-0.25, -0.2) is 4.98 Å². The highest BCUT2D eigenvalue weighted by Gasteiger charge is 2.09. The molecule has 0 radical (unpaired) electrons. The number of hydrogen-bond acceptors (Lipinski definition) is 3. The van der Waals surface area contributed by atoms with Gasteiger partial charge in [-0.15, -0.1) is 0 Å². The van der Waals surface area contributed by atoms with Gasteiger partial charge in [0, 0.05) is 22.9 Å². The van der Waals surface area contributed by atoms with E-state index in [-0.39, 0.29) is 0 Å². The number of carbonyl (C=O) groups is 1. The summed E-state index contributed by atoms with van der Waals surface area (Å²) >= 11 is 0. The fourth-order valence-electron chi connectivity index (χ4n) is 2.24. The standard InChI is InChI=1S/C19H14FNO2/c20-19-9-7-16(11-21-19)17-8-6-15(12-22)10-18(17)23-13-14-4-2-1-3-5-14/h1-12H,13H2. The van der Waals surface area contributed by atoms with Crippen molar-refractivity contribution >= 4 is 6.29 Å². The maximum Gasteiger partial charge on any atom is 0.212 e. The van der Waals surface area contributed by atoms with Gasteiger partial charge >= 0.3 is 0 Å². The number of aldehydes is 1. The van der Waals surface area contributed by atoms with Gasteiger partial charge in [-0.05, 0) is 29.8 Å². The maximum atomic E-state index is 13.0. The smallest absolute Gasteiger partial charge is 0.212 e. The predicted molar refractivity (Wildman–Crippen MR) is 85.8 cm³/mol. The fourth-order valence-corrected chi connectivity index (χ4v) is 2.24. The molecule has 23 heavy (non-hydrogen) atoms. The summed E-state index contributed by atoms with van der Waals surface area (Å²) < 4.78 is 18.9. The molecule has 0 atom stereocenters. The van der Waals surface area contributed by atoms with Crippen LogP contribution in [0.1, 0.15) is 15.9 Å². The molecule has 0 N–H and O–H groups in total. The number of nitrogens with zero attached hydrogens (tertiary/aromatic N) is 1. The van der Waals surface area contributed by atoms with Gasteiger partial charge in [-0.2, -0.15) is 4.39 Å². The first kappa shape index (κ1) is 14.9. The highest BCUT2D eigenvalue weighted by Crippen LogP contribution is 2.31. The van der Waals surface area contributed by atoms with Gasteiger partial charge in [-0.1, -0.05) is 36.4 Å².